The molecule has 2 rings (SSSR count). The van der Waals surface area contributed by atoms with Crippen molar-refractivity contribution in [3.8, 4) is 0 Å². The van der Waals surface area contributed by atoms with Gasteiger partial charge in [0.05, 0.1) is 5.75 Å². The number of nitrogens with two attached hydrogens (primary N) is 1. The summed E-state index contributed by atoms with van der Waals surface area (Å²) < 4.78 is 5.02. The van der Waals surface area contributed by atoms with Gasteiger partial charge in [-0.2, -0.15) is 0 Å². The van der Waals surface area contributed by atoms with Gasteiger partial charge >= 0.3 is 0 Å². The molecule has 0 fully saturated rings. The van der Waals surface area contributed by atoms with Gasteiger partial charge in [-0.15, -0.1) is 11.8 Å². The minimum Gasteiger partial charge on any atom is -0.360 e. The summed E-state index contributed by atoms with van der Waals surface area (Å²) in [5.41, 5.74) is 2.16. The summed E-state index contributed by atoms with van der Waals surface area (Å²) in [6.07, 6.45) is 0. The molecule has 2 aromatic rings. The number of hydrogen-bond acceptors (Lipinski definition) is 5. The summed E-state index contributed by atoms with van der Waals surface area (Å²) in [5.74, 6) is 5.70. The predicted molar refractivity (Wildman–Crippen MR) is 69.2 cm³/mol. The van der Waals surface area contributed by atoms with Crippen LogP contribution in [0.3, 0.4) is 0 Å². The number of hydrogen-bond donors (Lipinski definition) is 2. The molecule has 0 aliphatic heterocycles. The first kappa shape index (κ1) is 12.9. The van der Waals surface area contributed by atoms with E-state index in [4.69, 9.17) is 22.0 Å². The number of amides is 1. The van der Waals surface area contributed by atoms with Crippen molar-refractivity contribution >= 4 is 29.3 Å². The Morgan fingerprint density at radius 2 is 2.17 bits per heavy atom. The molecule has 0 spiro atoms. The Hall–Kier alpha value is -1.50. The molecule has 0 aliphatic rings. The van der Waals surface area contributed by atoms with Crippen molar-refractivity contribution in [3.05, 3.63) is 46.8 Å². The highest BCUT2D eigenvalue weighted by Crippen LogP contribution is 2.24. The molecule has 0 unspecified atom stereocenters. The third-order valence-electron chi connectivity index (χ3n) is 2.12. The highest BCUT2D eigenvalue weighted by Gasteiger charge is 2.11. The molecule has 5 nitrogen and oxygen atoms in total. The van der Waals surface area contributed by atoms with E-state index in [1.54, 1.807) is 17.8 Å². The number of rotatable bonds is 4. The zero-order valence-electron chi connectivity index (χ0n) is 9.22. The zero-order chi connectivity index (χ0) is 13.0. The van der Waals surface area contributed by atoms with E-state index in [1.807, 2.05) is 29.7 Å². The normalized spacial score (nSPS) is 10.3. The average Bonchev–Trinajstić information content (AvgIpc) is 2.86. The van der Waals surface area contributed by atoms with Crippen LogP contribution in [0.1, 0.15) is 16.2 Å². The fourth-order valence-electron chi connectivity index (χ4n) is 1.25. The first-order valence-electron chi connectivity index (χ1n) is 5.04. The quantitative estimate of drug-likeness (QED) is 0.389. The van der Waals surface area contributed by atoms with Crippen molar-refractivity contribution < 1.29 is 9.32 Å². The number of nitrogens with one attached hydrogen (secondary N) is 1. The van der Waals surface area contributed by atoms with E-state index in [-0.39, 0.29) is 5.69 Å². The van der Waals surface area contributed by atoms with E-state index >= 15 is 0 Å². The molecular formula is C11H10ClN3O2S. The maximum atomic E-state index is 11.2. The average molecular weight is 284 g/mol. The summed E-state index contributed by atoms with van der Waals surface area (Å²) in [4.78, 5) is 12.2. The van der Waals surface area contributed by atoms with Crippen molar-refractivity contribution in [1.29, 1.82) is 0 Å². The number of carbonyl (C=O) groups excluding carboxylic acids is 1. The summed E-state index contributed by atoms with van der Waals surface area (Å²) in [6.45, 7) is 0. The van der Waals surface area contributed by atoms with Gasteiger partial charge in [-0.25, -0.2) is 5.84 Å². The molecular weight excluding hydrogens is 274 g/mol. The highest BCUT2D eigenvalue weighted by atomic mass is 35.5. The van der Waals surface area contributed by atoms with Crippen LogP contribution in [0.2, 0.25) is 5.02 Å². The van der Waals surface area contributed by atoms with Gasteiger partial charge in [-0.05, 0) is 24.3 Å². The maximum absolute atomic E-state index is 11.2. The van der Waals surface area contributed by atoms with Crippen LogP contribution < -0.4 is 11.3 Å². The van der Waals surface area contributed by atoms with Crippen molar-refractivity contribution in [1.82, 2.24) is 10.6 Å². The second-order valence-corrected chi connectivity index (χ2v) is 4.88. The molecule has 0 radical (unpaired) electrons. The number of aromatic nitrogens is 1. The third-order valence-corrected chi connectivity index (χ3v) is 3.40. The van der Waals surface area contributed by atoms with Crippen LogP contribution in [0.25, 0.3) is 0 Å². The highest BCUT2D eigenvalue weighted by molar-refractivity contribution is 7.98. The topological polar surface area (TPSA) is 81.1 Å². The second kappa shape index (κ2) is 5.90. The van der Waals surface area contributed by atoms with Crippen LogP contribution in [-0.4, -0.2) is 11.1 Å². The Bertz CT molecular complexity index is 541. The minimum absolute atomic E-state index is 0.171. The molecule has 18 heavy (non-hydrogen) atoms. The summed E-state index contributed by atoms with van der Waals surface area (Å²) in [7, 11) is 0. The first-order valence-corrected chi connectivity index (χ1v) is 6.40. The van der Waals surface area contributed by atoms with Gasteiger partial charge in [0.1, 0.15) is 5.76 Å². The van der Waals surface area contributed by atoms with E-state index in [1.165, 1.54) is 0 Å². The van der Waals surface area contributed by atoms with Crippen molar-refractivity contribution in [2.24, 2.45) is 5.84 Å². The number of carbonyl (C=O) groups is 1. The second-order valence-electron chi connectivity index (χ2n) is 3.39. The van der Waals surface area contributed by atoms with Gasteiger partial charge in [0, 0.05) is 16.0 Å². The SMILES string of the molecule is NNC(=O)c1cc(CSc2ccc(Cl)cc2)on1. The fraction of sp³-hybridized carbons (Fsp3) is 0.0909. The van der Waals surface area contributed by atoms with Crippen LogP contribution >= 0.6 is 23.4 Å². The molecule has 1 heterocycles. The monoisotopic (exact) mass is 283 g/mol. The lowest BCUT2D eigenvalue weighted by molar-refractivity contribution is 0.0944. The van der Waals surface area contributed by atoms with E-state index in [9.17, 15) is 4.79 Å². The van der Waals surface area contributed by atoms with Crippen LogP contribution in [0.4, 0.5) is 0 Å². The summed E-state index contributed by atoms with van der Waals surface area (Å²) >= 11 is 7.35. The summed E-state index contributed by atoms with van der Waals surface area (Å²) in [5, 5.41) is 4.31. The minimum atomic E-state index is -0.471. The Morgan fingerprint density at radius 1 is 1.44 bits per heavy atom. The molecule has 0 saturated carbocycles. The molecule has 0 saturated heterocycles. The number of hydrazine groups is 1. The maximum Gasteiger partial charge on any atom is 0.287 e. The molecule has 1 aromatic carbocycles. The smallest absolute Gasteiger partial charge is 0.287 e. The Balaban J connectivity index is 1.96. The molecule has 7 heteroatoms. The van der Waals surface area contributed by atoms with Gasteiger partial charge < -0.3 is 4.52 Å². The Labute approximate surface area is 113 Å². The molecule has 1 amide bonds. The van der Waals surface area contributed by atoms with E-state index in [2.05, 4.69) is 5.16 Å². The van der Waals surface area contributed by atoms with E-state index in [0.717, 1.165) is 4.90 Å². The zero-order valence-corrected chi connectivity index (χ0v) is 10.8. The van der Waals surface area contributed by atoms with Gasteiger partial charge in [0.25, 0.3) is 5.91 Å². The molecule has 94 valence electrons. The number of halogens is 1. The predicted octanol–water partition coefficient (Wildman–Crippen LogP) is 2.22. The lowest BCUT2D eigenvalue weighted by Gasteiger charge is -1.98. The number of nitrogen functional groups attached to an aromatic ring is 1. The lowest BCUT2D eigenvalue weighted by Crippen LogP contribution is -2.30. The van der Waals surface area contributed by atoms with Crippen LogP contribution in [0.15, 0.2) is 39.8 Å². The van der Waals surface area contributed by atoms with Gasteiger partial charge in [0.15, 0.2) is 5.69 Å². The lowest BCUT2D eigenvalue weighted by atomic mass is 10.4. The number of benzene rings is 1. The van der Waals surface area contributed by atoms with Crippen molar-refractivity contribution in [3.63, 3.8) is 0 Å². The summed E-state index contributed by atoms with van der Waals surface area (Å²) in [6, 6.07) is 9.02. The Kier molecular flexibility index (Phi) is 4.24. The molecule has 0 atom stereocenters. The molecule has 3 N–H and O–H groups in total. The fourth-order valence-corrected chi connectivity index (χ4v) is 2.15. The van der Waals surface area contributed by atoms with Crippen molar-refractivity contribution in [2.45, 2.75) is 10.6 Å². The van der Waals surface area contributed by atoms with E-state index < -0.39 is 5.91 Å². The van der Waals surface area contributed by atoms with Crippen LogP contribution in [0.5, 0.6) is 0 Å². The van der Waals surface area contributed by atoms with E-state index in [0.29, 0.717) is 16.5 Å². The molecule has 0 bridgehead atoms. The van der Waals surface area contributed by atoms with Crippen LogP contribution in [-0.2, 0) is 5.75 Å². The number of nitrogens with zero attached hydrogens (tertiary/aromatic N) is 1. The Morgan fingerprint density at radius 3 is 2.83 bits per heavy atom. The third kappa shape index (κ3) is 3.25. The van der Waals surface area contributed by atoms with Gasteiger partial charge in [-0.1, -0.05) is 16.8 Å². The van der Waals surface area contributed by atoms with Crippen LogP contribution in [0, 0.1) is 0 Å². The van der Waals surface area contributed by atoms with Gasteiger partial charge in [-0.3, -0.25) is 10.2 Å². The first-order chi connectivity index (χ1) is 8.69. The molecule has 0 aliphatic carbocycles. The molecule has 1 aromatic heterocycles. The van der Waals surface area contributed by atoms with Gasteiger partial charge in [0.2, 0.25) is 0 Å². The number of thioether (sulfide) groups is 1. The van der Waals surface area contributed by atoms with Crippen molar-refractivity contribution in [2.75, 3.05) is 0 Å². The largest absolute Gasteiger partial charge is 0.360 e. The standard InChI is InChI=1S/C11H10ClN3O2S/c12-7-1-3-9(4-2-7)18-6-8-5-10(15-17-8)11(16)14-13/h1-5H,6,13H2,(H,14,16).